The van der Waals surface area contributed by atoms with Gasteiger partial charge in [0.1, 0.15) is 6.61 Å². The van der Waals surface area contributed by atoms with Crippen molar-refractivity contribution in [3.05, 3.63) is 23.4 Å². The molecule has 1 heterocycles. The van der Waals surface area contributed by atoms with E-state index in [1.807, 2.05) is 13.0 Å². The Bertz CT molecular complexity index is 356. The van der Waals surface area contributed by atoms with Crippen molar-refractivity contribution in [2.75, 3.05) is 26.4 Å². The second-order valence-electron chi connectivity index (χ2n) is 4.49. The fraction of sp³-hybridized carbons (Fsp3) is 0.667. The van der Waals surface area contributed by atoms with E-state index in [4.69, 9.17) is 9.47 Å². The van der Waals surface area contributed by atoms with Crippen LogP contribution in [0.3, 0.4) is 0 Å². The van der Waals surface area contributed by atoms with E-state index in [9.17, 15) is 0 Å². The lowest BCUT2D eigenvalue weighted by molar-refractivity contribution is 0.0964. The summed E-state index contributed by atoms with van der Waals surface area (Å²) in [6, 6.07) is 3.99. The number of unbranched alkanes of at least 4 members (excludes halogenated alkanes) is 1. The van der Waals surface area contributed by atoms with Crippen molar-refractivity contribution in [3.8, 4) is 5.88 Å². The van der Waals surface area contributed by atoms with Crippen molar-refractivity contribution >= 4 is 0 Å². The number of aryl methyl sites for hydroxylation is 1. The molecule has 0 saturated carbocycles. The molecule has 0 aliphatic rings. The minimum Gasteiger partial charge on any atom is -0.475 e. The van der Waals surface area contributed by atoms with Gasteiger partial charge in [-0.2, -0.15) is 0 Å². The molecule has 19 heavy (non-hydrogen) atoms. The fourth-order valence-corrected chi connectivity index (χ4v) is 1.65. The minimum absolute atomic E-state index is 0.558. The first-order valence-corrected chi connectivity index (χ1v) is 7.15. The molecule has 0 unspecified atom stereocenters. The van der Waals surface area contributed by atoms with E-state index in [-0.39, 0.29) is 0 Å². The summed E-state index contributed by atoms with van der Waals surface area (Å²) >= 11 is 0. The maximum Gasteiger partial charge on any atom is 0.213 e. The van der Waals surface area contributed by atoms with Crippen LogP contribution in [0, 0.1) is 6.92 Å². The van der Waals surface area contributed by atoms with E-state index < -0.39 is 0 Å². The lowest BCUT2D eigenvalue weighted by Gasteiger charge is -2.09. The molecule has 0 bridgehead atoms. The molecule has 0 saturated heterocycles. The molecule has 0 fully saturated rings. The minimum atomic E-state index is 0.558. The zero-order valence-corrected chi connectivity index (χ0v) is 12.4. The number of aromatic nitrogens is 1. The quantitative estimate of drug-likeness (QED) is 0.661. The molecule has 0 spiro atoms. The third-order valence-electron chi connectivity index (χ3n) is 2.86. The first-order chi connectivity index (χ1) is 9.27. The lowest BCUT2D eigenvalue weighted by Crippen LogP contribution is -2.13. The Morgan fingerprint density at radius 3 is 2.68 bits per heavy atom. The molecular weight excluding hydrogens is 240 g/mol. The summed E-state index contributed by atoms with van der Waals surface area (Å²) in [5.41, 5.74) is 2.23. The molecule has 0 aromatic carbocycles. The van der Waals surface area contributed by atoms with Crippen LogP contribution >= 0.6 is 0 Å². The molecular formula is C15H26N2O2. The van der Waals surface area contributed by atoms with Gasteiger partial charge in [0.15, 0.2) is 0 Å². The van der Waals surface area contributed by atoms with Gasteiger partial charge in [-0.3, -0.25) is 0 Å². The van der Waals surface area contributed by atoms with Crippen LogP contribution in [0.1, 0.15) is 37.9 Å². The molecule has 0 radical (unpaired) electrons. The SMILES string of the molecule is CCCCOCCOc1ccc(CNCC)c(C)n1. The third kappa shape index (κ3) is 6.55. The number of rotatable bonds is 10. The molecule has 4 heteroatoms. The highest BCUT2D eigenvalue weighted by atomic mass is 16.5. The van der Waals surface area contributed by atoms with Gasteiger partial charge in [0.2, 0.25) is 5.88 Å². The van der Waals surface area contributed by atoms with Crippen LogP contribution in [0.4, 0.5) is 0 Å². The Kier molecular flexibility index (Phi) is 8.18. The highest BCUT2D eigenvalue weighted by Gasteiger charge is 2.02. The van der Waals surface area contributed by atoms with E-state index in [1.165, 1.54) is 5.56 Å². The Morgan fingerprint density at radius 2 is 2.00 bits per heavy atom. The van der Waals surface area contributed by atoms with Gasteiger partial charge >= 0.3 is 0 Å². The summed E-state index contributed by atoms with van der Waals surface area (Å²) < 4.78 is 11.0. The van der Waals surface area contributed by atoms with Gasteiger partial charge < -0.3 is 14.8 Å². The van der Waals surface area contributed by atoms with E-state index in [0.29, 0.717) is 19.1 Å². The second-order valence-corrected chi connectivity index (χ2v) is 4.49. The molecule has 0 atom stereocenters. The average molecular weight is 266 g/mol. The van der Waals surface area contributed by atoms with Gasteiger partial charge in [-0.25, -0.2) is 4.98 Å². The molecule has 1 aromatic heterocycles. The van der Waals surface area contributed by atoms with Gasteiger partial charge in [0.05, 0.1) is 6.61 Å². The monoisotopic (exact) mass is 266 g/mol. The standard InChI is InChI=1S/C15H26N2O2/c1-4-6-9-18-10-11-19-15-8-7-14(12-16-5-2)13(3)17-15/h7-8,16H,4-6,9-12H2,1-3H3. The molecule has 1 rings (SSSR count). The maximum absolute atomic E-state index is 5.57. The van der Waals surface area contributed by atoms with Crippen LogP contribution < -0.4 is 10.1 Å². The molecule has 108 valence electrons. The van der Waals surface area contributed by atoms with Gasteiger partial charge in [-0.1, -0.05) is 26.3 Å². The Balaban J connectivity index is 2.29. The van der Waals surface area contributed by atoms with E-state index in [0.717, 1.165) is 38.2 Å². The number of pyridine rings is 1. The molecule has 1 N–H and O–H groups in total. The van der Waals surface area contributed by atoms with Crippen molar-refractivity contribution in [2.24, 2.45) is 0 Å². The third-order valence-corrected chi connectivity index (χ3v) is 2.86. The largest absolute Gasteiger partial charge is 0.475 e. The summed E-state index contributed by atoms with van der Waals surface area (Å²) in [6.45, 7) is 10.1. The van der Waals surface area contributed by atoms with E-state index in [2.05, 4.69) is 30.2 Å². The normalized spacial score (nSPS) is 10.7. The zero-order valence-electron chi connectivity index (χ0n) is 12.4. The Hall–Kier alpha value is -1.13. The predicted octanol–water partition coefficient (Wildman–Crippen LogP) is 2.70. The zero-order chi connectivity index (χ0) is 13.9. The summed E-state index contributed by atoms with van der Waals surface area (Å²) in [6.07, 6.45) is 2.27. The van der Waals surface area contributed by atoms with Gasteiger partial charge in [0.25, 0.3) is 0 Å². The summed E-state index contributed by atoms with van der Waals surface area (Å²) in [7, 11) is 0. The first kappa shape index (κ1) is 15.9. The van der Waals surface area contributed by atoms with Crippen LogP contribution in [0.25, 0.3) is 0 Å². The number of nitrogens with zero attached hydrogens (tertiary/aromatic N) is 1. The van der Waals surface area contributed by atoms with Gasteiger partial charge in [-0.15, -0.1) is 0 Å². The number of nitrogens with one attached hydrogen (secondary N) is 1. The molecule has 4 nitrogen and oxygen atoms in total. The van der Waals surface area contributed by atoms with E-state index in [1.54, 1.807) is 0 Å². The Labute approximate surface area is 116 Å². The maximum atomic E-state index is 5.57. The van der Waals surface area contributed by atoms with Gasteiger partial charge in [-0.05, 0) is 25.5 Å². The number of ether oxygens (including phenoxy) is 2. The van der Waals surface area contributed by atoms with Crippen LogP contribution in [0.2, 0.25) is 0 Å². The van der Waals surface area contributed by atoms with Gasteiger partial charge in [0, 0.05) is 24.9 Å². The Morgan fingerprint density at radius 1 is 1.16 bits per heavy atom. The summed E-state index contributed by atoms with van der Waals surface area (Å²) in [4.78, 5) is 4.44. The first-order valence-electron chi connectivity index (χ1n) is 7.15. The van der Waals surface area contributed by atoms with Crippen LogP contribution in [-0.4, -0.2) is 31.3 Å². The molecule has 0 aliphatic carbocycles. The molecule has 0 amide bonds. The molecule has 1 aromatic rings. The predicted molar refractivity (Wildman–Crippen MR) is 77.6 cm³/mol. The van der Waals surface area contributed by atoms with Crippen molar-refractivity contribution in [2.45, 2.75) is 40.2 Å². The molecule has 0 aliphatic heterocycles. The number of hydrogen-bond acceptors (Lipinski definition) is 4. The van der Waals surface area contributed by atoms with Crippen molar-refractivity contribution in [1.29, 1.82) is 0 Å². The fourth-order valence-electron chi connectivity index (χ4n) is 1.65. The van der Waals surface area contributed by atoms with Crippen molar-refractivity contribution < 1.29 is 9.47 Å². The van der Waals surface area contributed by atoms with E-state index >= 15 is 0 Å². The van der Waals surface area contributed by atoms with Crippen LogP contribution in [-0.2, 0) is 11.3 Å². The summed E-state index contributed by atoms with van der Waals surface area (Å²) in [5.74, 6) is 0.678. The van der Waals surface area contributed by atoms with Crippen molar-refractivity contribution in [3.63, 3.8) is 0 Å². The van der Waals surface area contributed by atoms with Crippen LogP contribution in [0.5, 0.6) is 5.88 Å². The van der Waals surface area contributed by atoms with Crippen LogP contribution in [0.15, 0.2) is 12.1 Å². The van der Waals surface area contributed by atoms with Crippen molar-refractivity contribution in [1.82, 2.24) is 10.3 Å². The lowest BCUT2D eigenvalue weighted by atomic mass is 10.2. The smallest absolute Gasteiger partial charge is 0.213 e. The highest BCUT2D eigenvalue weighted by molar-refractivity contribution is 5.24. The number of hydrogen-bond donors (Lipinski definition) is 1. The second kappa shape index (κ2) is 9.75. The highest BCUT2D eigenvalue weighted by Crippen LogP contribution is 2.12. The average Bonchev–Trinajstić information content (AvgIpc) is 2.42. The topological polar surface area (TPSA) is 43.4 Å². The summed E-state index contributed by atoms with van der Waals surface area (Å²) in [5, 5.41) is 3.30.